The van der Waals surface area contributed by atoms with E-state index in [2.05, 4.69) is 36.1 Å². The minimum absolute atomic E-state index is 0.0107. The van der Waals surface area contributed by atoms with Gasteiger partial charge in [-0.05, 0) is 54.2 Å². The van der Waals surface area contributed by atoms with Crippen molar-refractivity contribution >= 4 is 27.5 Å². The summed E-state index contributed by atoms with van der Waals surface area (Å²) in [5.74, 6) is -0.555. The molecule has 2 aromatic carbocycles. The lowest BCUT2D eigenvalue weighted by Crippen LogP contribution is -2.28. The Morgan fingerprint density at radius 1 is 1.03 bits per heavy atom. The van der Waals surface area contributed by atoms with Crippen molar-refractivity contribution in [3.8, 4) is 0 Å². The fourth-order valence-corrected chi connectivity index (χ4v) is 4.32. The highest BCUT2D eigenvalue weighted by Gasteiger charge is 2.28. The zero-order valence-corrected chi connectivity index (χ0v) is 18.9. The van der Waals surface area contributed by atoms with Gasteiger partial charge < -0.3 is 10.6 Å². The van der Waals surface area contributed by atoms with Crippen molar-refractivity contribution in [2.45, 2.75) is 56.4 Å². The van der Waals surface area contributed by atoms with Crippen molar-refractivity contribution in [3.05, 3.63) is 59.7 Å². The summed E-state index contributed by atoms with van der Waals surface area (Å²) in [6.07, 6.45) is 1.77. The SMILES string of the molecule is CC(C)(C)c1ccc(C(=O)NCCC(=O)Nc2cccc(S(=O)(=O)NC3CC3)c2)cc1. The van der Waals surface area contributed by atoms with E-state index in [-0.39, 0.29) is 41.1 Å². The van der Waals surface area contributed by atoms with Crippen molar-refractivity contribution in [2.24, 2.45) is 0 Å². The predicted octanol–water partition coefficient (Wildman–Crippen LogP) is 3.18. The number of sulfonamides is 1. The molecule has 1 aliphatic carbocycles. The van der Waals surface area contributed by atoms with Gasteiger partial charge in [-0.3, -0.25) is 9.59 Å². The van der Waals surface area contributed by atoms with Crippen LogP contribution in [0.1, 0.15) is 56.0 Å². The van der Waals surface area contributed by atoms with Crippen LogP contribution in [0.15, 0.2) is 53.4 Å². The van der Waals surface area contributed by atoms with E-state index >= 15 is 0 Å². The summed E-state index contributed by atoms with van der Waals surface area (Å²) >= 11 is 0. The first-order valence-corrected chi connectivity index (χ1v) is 11.8. The van der Waals surface area contributed by atoms with Crippen molar-refractivity contribution in [3.63, 3.8) is 0 Å². The molecule has 0 heterocycles. The first kappa shape index (κ1) is 23.0. The zero-order chi connectivity index (χ0) is 22.6. The van der Waals surface area contributed by atoms with E-state index in [1.165, 1.54) is 12.1 Å². The van der Waals surface area contributed by atoms with E-state index < -0.39 is 10.0 Å². The molecule has 2 aromatic rings. The van der Waals surface area contributed by atoms with Crippen LogP contribution in [0.2, 0.25) is 0 Å². The molecule has 2 amide bonds. The summed E-state index contributed by atoms with van der Waals surface area (Å²) in [5, 5.41) is 5.41. The lowest BCUT2D eigenvalue weighted by atomic mass is 9.87. The fraction of sp³-hybridized carbons (Fsp3) is 0.391. The Bertz CT molecular complexity index is 1050. The Morgan fingerprint density at radius 2 is 1.71 bits per heavy atom. The van der Waals surface area contributed by atoms with Gasteiger partial charge in [0.15, 0.2) is 0 Å². The van der Waals surface area contributed by atoms with E-state index in [1.807, 2.05) is 12.1 Å². The minimum Gasteiger partial charge on any atom is -0.352 e. The molecule has 0 radical (unpaired) electrons. The van der Waals surface area contributed by atoms with E-state index in [1.54, 1.807) is 24.3 Å². The van der Waals surface area contributed by atoms with Crippen LogP contribution >= 0.6 is 0 Å². The minimum atomic E-state index is -3.58. The number of rotatable bonds is 8. The average molecular weight is 444 g/mol. The maximum atomic E-state index is 12.3. The summed E-state index contributed by atoms with van der Waals surface area (Å²) in [5.41, 5.74) is 2.08. The van der Waals surface area contributed by atoms with Gasteiger partial charge in [0, 0.05) is 30.3 Å². The standard InChI is InChI=1S/C23H29N3O4S/c1-23(2,3)17-9-7-16(8-10-17)22(28)24-14-13-21(27)25-19-5-4-6-20(15-19)31(29,30)26-18-11-12-18/h4-10,15,18,26H,11-14H2,1-3H3,(H,24,28)(H,25,27). The summed E-state index contributed by atoms with van der Waals surface area (Å²) in [4.78, 5) is 24.6. The molecule has 31 heavy (non-hydrogen) atoms. The fourth-order valence-electron chi connectivity index (χ4n) is 2.97. The number of hydrogen-bond acceptors (Lipinski definition) is 4. The van der Waals surface area contributed by atoms with Crippen LogP contribution in [0.4, 0.5) is 5.69 Å². The molecule has 0 aliphatic heterocycles. The molecule has 1 fully saturated rings. The largest absolute Gasteiger partial charge is 0.352 e. The van der Waals surface area contributed by atoms with Crippen molar-refractivity contribution in [2.75, 3.05) is 11.9 Å². The molecule has 0 unspecified atom stereocenters. The molecular weight excluding hydrogens is 414 g/mol. The lowest BCUT2D eigenvalue weighted by Gasteiger charge is -2.19. The van der Waals surface area contributed by atoms with Gasteiger partial charge in [-0.1, -0.05) is 39.0 Å². The van der Waals surface area contributed by atoms with Gasteiger partial charge >= 0.3 is 0 Å². The normalized spacial score (nSPS) is 14.2. The average Bonchev–Trinajstić information content (AvgIpc) is 3.51. The Labute approximate surface area is 183 Å². The van der Waals surface area contributed by atoms with Crippen molar-refractivity contribution < 1.29 is 18.0 Å². The molecule has 7 nitrogen and oxygen atoms in total. The number of carbonyl (C=O) groups excluding carboxylic acids is 2. The topological polar surface area (TPSA) is 104 Å². The predicted molar refractivity (Wildman–Crippen MR) is 121 cm³/mol. The van der Waals surface area contributed by atoms with E-state index in [0.29, 0.717) is 11.3 Å². The van der Waals surface area contributed by atoms with E-state index in [0.717, 1.165) is 18.4 Å². The Hall–Kier alpha value is -2.71. The van der Waals surface area contributed by atoms with Crippen LogP contribution in [0.5, 0.6) is 0 Å². The van der Waals surface area contributed by atoms with Crippen molar-refractivity contribution in [1.82, 2.24) is 10.0 Å². The molecule has 1 saturated carbocycles. The lowest BCUT2D eigenvalue weighted by molar-refractivity contribution is -0.116. The molecule has 3 N–H and O–H groups in total. The molecule has 166 valence electrons. The third-order valence-corrected chi connectivity index (χ3v) is 6.50. The number of hydrogen-bond donors (Lipinski definition) is 3. The molecule has 0 saturated heterocycles. The molecule has 1 aliphatic rings. The van der Waals surface area contributed by atoms with Crippen LogP contribution in [-0.2, 0) is 20.2 Å². The van der Waals surface area contributed by atoms with Gasteiger partial charge in [0.2, 0.25) is 15.9 Å². The summed E-state index contributed by atoms with van der Waals surface area (Å²) in [6.45, 7) is 6.49. The zero-order valence-electron chi connectivity index (χ0n) is 18.1. The molecule has 0 spiro atoms. The van der Waals surface area contributed by atoms with E-state index in [9.17, 15) is 18.0 Å². The quantitative estimate of drug-likeness (QED) is 0.583. The van der Waals surface area contributed by atoms with Crippen LogP contribution in [0.3, 0.4) is 0 Å². The molecule has 8 heteroatoms. The number of nitrogens with one attached hydrogen (secondary N) is 3. The van der Waals surface area contributed by atoms with Gasteiger partial charge in [0.25, 0.3) is 5.91 Å². The monoisotopic (exact) mass is 443 g/mol. The molecule has 0 aromatic heterocycles. The number of carbonyl (C=O) groups is 2. The second-order valence-electron chi connectivity index (χ2n) is 8.80. The third kappa shape index (κ3) is 6.63. The highest BCUT2D eigenvalue weighted by molar-refractivity contribution is 7.89. The van der Waals surface area contributed by atoms with Crippen LogP contribution < -0.4 is 15.4 Å². The summed E-state index contributed by atoms with van der Waals surface area (Å²) < 4.78 is 27.2. The van der Waals surface area contributed by atoms with Crippen molar-refractivity contribution in [1.29, 1.82) is 0 Å². The number of amides is 2. The highest BCUT2D eigenvalue weighted by Crippen LogP contribution is 2.24. The molecule has 3 rings (SSSR count). The first-order chi connectivity index (χ1) is 14.5. The second-order valence-corrected chi connectivity index (χ2v) is 10.5. The smallest absolute Gasteiger partial charge is 0.251 e. The van der Waals surface area contributed by atoms with Gasteiger partial charge in [-0.15, -0.1) is 0 Å². The van der Waals surface area contributed by atoms with Gasteiger partial charge in [-0.2, -0.15) is 0 Å². The van der Waals surface area contributed by atoms with Crippen LogP contribution in [-0.4, -0.2) is 32.8 Å². The maximum Gasteiger partial charge on any atom is 0.251 e. The van der Waals surface area contributed by atoms with Gasteiger partial charge in [-0.25, -0.2) is 13.1 Å². The second kappa shape index (κ2) is 9.20. The van der Waals surface area contributed by atoms with Crippen LogP contribution in [0, 0.1) is 0 Å². The summed E-state index contributed by atoms with van der Waals surface area (Å²) in [6, 6.07) is 13.6. The molecule has 0 atom stereocenters. The maximum absolute atomic E-state index is 12.3. The van der Waals surface area contributed by atoms with Crippen LogP contribution in [0.25, 0.3) is 0 Å². The first-order valence-electron chi connectivity index (χ1n) is 10.4. The molecule has 0 bridgehead atoms. The Kier molecular flexibility index (Phi) is 6.81. The highest BCUT2D eigenvalue weighted by atomic mass is 32.2. The molecular formula is C23H29N3O4S. The number of anilines is 1. The Balaban J connectivity index is 1.49. The van der Waals surface area contributed by atoms with E-state index in [4.69, 9.17) is 0 Å². The van der Waals surface area contributed by atoms with Gasteiger partial charge in [0.1, 0.15) is 0 Å². The number of benzene rings is 2. The summed E-state index contributed by atoms with van der Waals surface area (Å²) in [7, 11) is -3.58. The Morgan fingerprint density at radius 3 is 2.32 bits per heavy atom. The van der Waals surface area contributed by atoms with Gasteiger partial charge in [0.05, 0.1) is 4.90 Å². The third-order valence-electron chi connectivity index (χ3n) is 4.98.